The number of likely N-dealkylation sites (N-methyl/N-ethyl adjacent to an activating group) is 1. The highest BCUT2D eigenvalue weighted by atomic mass is 16.6. The van der Waals surface area contributed by atoms with Crippen LogP contribution in [0, 0.1) is 0 Å². The third kappa shape index (κ3) is 34.0. The van der Waals surface area contributed by atoms with Crippen molar-refractivity contribution in [3.05, 3.63) is 97.2 Å². The zero-order valence-corrected chi connectivity index (χ0v) is 34.4. The van der Waals surface area contributed by atoms with Crippen molar-refractivity contribution in [3.63, 3.8) is 0 Å². The van der Waals surface area contributed by atoms with E-state index in [2.05, 4.69) is 98.9 Å². The van der Waals surface area contributed by atoms with Crippen LogP contribution in [0.5, 0.6) is 0 Å². The molecule has 1 N–H and O–H groups in total. The molecule has 0 amide bonds. The van der Waals surface area contributed by atoms with Crippen molar-refractivity contribution in [2.24, 2.45) is 0 Å². The minimum Gasteiger partial charge on any atom is -0.477 e. The van der Waals surface area contributed by atoms with Gasteiger partial charge in [0, 0.05) is 19.3 Å². The number of ether oxygens (including phenoxy) is 3. The second-order valence-electron chi connectivity index (χ2n) is 14.1. The molecule has 0 saturated carbocycles. The topological polar surface area (TPSA) is 99.1 Å². The number of carbonyl (C=O) groups excluding carboxylic acids is 2. The van der Waals surface area contributed by atoms with E-state index in [0.717, 1.165) is 83.5 Å². The van der Waals surface area contributed by atoms with Crippen LogP contribution in [0.3, 0.4) is 0 Å². The number of esters is 2. The van der Waals surface area contributed by atoms with E-state index in [1.807, 2.05) is 33.3 Å². The molecule has 0 bridgehead atoms. The molecule has 0 heterocycles. The molecule has 0 aliphatic heterocycles. The average molecular weight is 753 g/mol. The first-order valence-electron chi connectivity index (χ1n) is 20.3. The Hall–Kier alpha value is -3.75. The molecule has 0 aliphatic carbocycles. The quantitative estimate of drug-likeness (QED) is 0.0302. The van der Waals surface area contributed by atoms with E-state index in [1.165, 1.54) is 0 Å². The van der Waals surface area contributed by atoms with E-state index in [9.17, 15) is 19.5 Å². The van der Waals surface area contributed by atoms with Crippen LogP contribution in [0.1, 0.15) is 123 Å². The number of carboxylic acids is 1. The molecule has 0 spiro atoms. The Morgan fingerprint density at radius 1 is 0.556 bits per heavy atom. The van der Waals surface area contributed by atoms with Gasteiger partial charge in [-0.3, -0.25) is 9.59 Å². The molecule has 8 nitrogen and oxygen atoms in total. The highest BCUT2D eigenvalue weighted by molar-refractivity contribution is 5.72. The van der Waals surface area contributed by atoms with E-state index in [0.29, 0.717) is 19.3 Å². The second kappa shape index (κ2) is 36.2. The van der Waals surface area contributed by atoms with E-state index in [4.69, 9.17) is 14.2 Å². The smallest absolute Gasteiger partial charge is 0.362 e. The standard InChI is InChI=1S/C46H73NO7/c1-6-8-10-12-14-15-16-17-18-19-20-21-22-23-24-25-26-27-28-29-31-32-34-36-44(48)53-41-42(40-52-39-38-43(46(50)51)47(3,4)5)54-45(49)37-35-33-30-13-11-9-7-2/h8-11,14-15,17-18,20-21,23-24,26-27,30,33,42-43H,6-7,12-13,16,19,22,25,28-29,31-32,34-41H2,1-5H3/p+1/b10-8+,11-9+,15-14+,18-17+,21-20+,24-23+,27-26+,33-30+. The lowest BCUT2D eigenvalue weighted by molar-refractivity contribution is -0.887. The van der Waals surface area contributed by atoms with E-state index in [-0.39, 0.29) is 36.7 Å². The van der Waals surface area contributed by atoms with E-state index >= 15 is 0 Å². The monoisotopic (exact) mass is 753 g/mol. The zero-order valence-electron chi connectivity index (χ0n) is 34.4. The Bertz CT molecular complexity index is 1200. The van der Waals surface area contributed by atoms with Crippen LogP contribution in [0.15, 0.2) is 97.2 Å². The number of nitrogens with zero attached hydrogens (tertiary/aromatic N) is 1. The van der Waals surface area contributed by atoms with Gasteiger partial charge in [-0.15, -0.1) is 0 Å². The average Bonchev–Trinajstić information content (AvgIpc) is 3.12. The molecule has 304 valence electrons. The Labute approximate surface area is 328 Å². The molecule has 0 fully saturated rings. The molecule has 0 saturated heterocycles. The van der Waals surface area contributed by atoms with Crippen molar-refractivity contribution in [1.29, 1.82) is 0 Å². The normalized spacial score (nSPS) is 14.0. The van der Waals surface area contributed by atoms with Crippen LogP contribution >= 0.6 is 0 Å². The van der Waals surface area contributed by atoms with Gasteiger partial charge >= 0.3 is 17.9 Å². The van der Waals surface area contributed by atoms with Crippen LogP contribution in [0.2, 0.25) is 0 Å². The molecule has 8 heteroatoms. The van der Waals surface area contributed by atoms with Crippen molar-refractivity contribution >= 4 is 17.9 Å². The number of hydrogen-bond donors (Lipinski definition) is 1. The van der Waals surface area contributed by atoms with Gasteiger partial charge in [-0.2, -0.15) is 0 Å². The molecule has 2 atom stereocenters. The third-order valence-corrected chi connectivity index (χ3v) is 8.24. The van der Waals surface area contributed by atoms with Crippen molar-refractivity contribution in [1.82, 2.24) is 0 Å². The lowest BCUT2D eigenvalue weighted by atomic mass is 10.1. The van der Waals surface area contributed by atoms with Gasteiger partial charge in [0.2, 0.25) is 0 Å². The van der Waals surface area contributed by atoms with Crippen molar-refractivity contribution in [2.75, 3.05) is 41.0 Å². The highest BCUT2D eigenvalue weighted by Crippen LogP contribution is 2.11. The summed E-state index contributed by atoms with van der Waals surface area (Å²) in [5.74, 6) is -1.61. The van der Waals surface area contributed by atoms with Gasteiger partial charge in [-0.25, -0.2) is 4.79 Å². The number of quaternary nitrogens is 1. The fraction of sp³-hybridized carbons (Fsp3) is 0.587. The largest absolute Gasteiger partial charge is 0.477 e. The lowest BCUT2D eigenvalue weighted by Crippen LogP contribution is -2.50. The molecule has 0 rings (SSSR count). The minimum atomic E-state index is -0.894. The van der Waals surface area contributed by atoms with Gasteiger partial charge in [0.25, 0.3) is 0 Å². The molecule has 0 aromatic rings. The predicted octanol–water partition coefficient (Wildman–Crippen LogP) is 10.7. The minimum absolute atomic E-state index is 0.0226. The second-order valence-corrected chi connectivity index (χ2v) is 14.1. The molecular weight excluding hydrogens is 679 g/mol. The Morgan fingerprint density at radius 3 is 1.50 bits per heavy atom. The number of aliphatic carboxylic acids is 1. The Morgan fingerprint density at radius 2 is 1.02 bits per heavy atom. The maximum Gasteiger partial charge on any atom is 0.362 e. The SMILES string of the molecule is CC/C=C/C/C=C/C/C=C/C/C=C/C/C=C/C/C=C/CCCCCCC(=O)OCC(COCCC(C(=O)O)[N+](C)(C)C)OC(=O)CC/C=C/C/C=C/CC. The number of rotatable bonds is 34. The highest BCUT2D eigenvalue weighted by Gasteiger charge is 2.31. The van der Waals surface area contributed by atoms with Gasteiger partial charge < -0.3 is 23.8 Å². The lowest BCUT2D eigenvalue weighted by Gasteiger charge is -2.31. The first-order chi connectivity index (χ1) is 26.1. The summed E-state index contributed by atoms with van der Waals surface area (Å²) in [7, 11) is 5.47. The van der Waals surface area contributed by atoms with Gasteiger partial charge in [-0.1, -0.05) is 124 Å². The van der Waals surface area contributed by atoms with Crippen molar-refractivity contribution in [3.8, 4) is 0 Å². The van der Waals surface area contributed by atoms with Crippen LogP contribution < -0.4 is 0 Å². The van der Waals surface area contributed by atoms with E-state index in [1.54, 1.807) is 0 Å². The molecule has 0 aliphatic rings. The molecule has 0 aromatic carbocycles. The maximum atomic E-state index is 12.5. The summed E-state index contributed by atoms with van der Waals surface area (Å²) in [4.78, 5) is 36.6. The molecule has 54 heavy (non-hydrogen) atoms. The number of allylic oxidation sites excluding steroid dienone is 16. The maximum absolute atomic E-state index is 12.5. The first-order valence-corrected chi connectivity index (χ1v) is 20.3. The first kappa shape index (κ1) is 50.2. The zero-order chi connectivity index (χ0) is 40.0. The summed E-state index contributed by atoms with van der Waals surface area (Å²) >= 11 is 0. The molecule has 0 radical (unpaired) electrons. The molecular formula is C46H74NO7+. The van der Waals surface area contributed by atoms with Crippen LogP contribution in [0.4, 0.5) is 0 Å². The van der Waals surface area contributed by atoms with Gasteiger partial charge in [0.1, 0.15) is 6.61 Å². The fourth-order valence-corrected chi connectivity index (χ4v) is 5.15. The van der Waals surface area contributed by atoms with Crippen LogP contribution in [0.25, 0.3) is 0 Å². The van der Waals surface area contributed by atoms with Crippen LogP contribution in [-0.4, -0.2) is 80.6 Å². The van der Waals surface area contributed by atoms with Gasteiger partial charge in [0.05, 0.1) is 34.4 Å². The molecule has 0 aromatic heterocycles. The molecule has 2 unspecified atom stereocenters. The van der Waals surface area contributed by atoms with Crippen LogP contribution in [-0.2, 0) is 28.6 Å². The predicted molar refractivity (Wildman–Crippen MR) is 224 cm³/mol. The summed E-state index contributed by atoms with van der Waals surface area (Å²) in [5.41, 5.74) is 0. The Kier molecular flexibility index (Phi) is 33.7. The van der Waals surface area contributed by atoms with Gasteiger partial charge in [-0.05, 0) is 77.0 Å². The van der Waals surface area contributed by atoms with Crippen molar-refractivity contribution < 1.29 is 38.2 Å². The Balaban J connectivity index is 4.32. The number of hydrogen-bond acceptors (Lipinski definition) is 6. The summed E-state index contributed by atoms with van der Waals surface area (Å²) in [5, 5.41) is 9.57. The van der Waals surface area contributed by atoms with Crippen molar-refractivity contribution in [2.45, 2.75) is 135 Å². The number of unbranched alkanes of at least 4 members (excludes halogenated alkanes) is 4. The van der Waals surface area contributed by atoms with Gasteiger partial charge in [0.15, 0.2) is 12.1 Å². The summed E-state index contributed by atoms with van der Waals surface area (Å²) in [6, 6.07) is -0.631. The third-order valence-electron chi connectivity index (χ3n) is 8.24. The summed E-state index contributed by atoms with van der Waals surface area (Å²) in [6.45, 7) is 4.34. The number of carbonyl (C=O) groups is 3. The summed E-state index contributed by atoms with van der Waals surface area (Å²) in [6.07, 6.45) is 47.8. The number of carboxylic acid groups (broad SMARTS) is 1. The fourth-order valence-electron chi connectivity index (χ4n) is 5.15. The summed E-state index contributed by atoms with van der Waals surface area (Å²) < 4.78 is 17.0. The van der Waals surface area contributed by atoms with E-state index < -0.39 is 24.1 Å².